The zero-order valence-electron chi connectivity index (χ0n) is 13.6. The average Bonchev–Trinajstić information content (AvgIpc) is 3.35. The predicted octanol–water partition coefficient (Wildman–Crippen LogP) is 3.09. The normalized spacial score (nSPS) is 25.9. The molecular weight excluding hydrogens is 295 g/mol. The number of carbonyl (C=O) groups excluding carboxylic acids is 1. The first kappa shape index (κ1) is 16.2. The smallest absolute Gasteiger partial charge is 0.409 e. The molecule has 1 aromatic rings. The summed E-state index contributed by atoms with van der Waals surface area (Å²) in [4.78, 5) is 13.3. The van der Waals surface area contributed by atoms with Gasteiger partial charge < -0.3 is 15.0 Å². The molecule has 3 rings (SSSR count). The number of alkyl halides is 1. The van der Waals surface area contributed by atoms with E-state index in [-0.39, 0.29) is 6.09 Å². The SMILES string of the molecule is CCOC(=O)N1CCC(F)(CNC2CC2c2ccccc2)CC1. The molecule has 0 spiro atoms. The number of benzene rings is 1. The van der Waals surface area contributed by atoms with Crippen molar-refractivity contribution < 1.29 is 13.9 Å². The summed E-state index contributed by atoms with van der Waals surface area (Å²) >= 11 is 0. The number of ether oxygens (including phenoxy) is 1. The molecule has 4 nitrogen and oxygen atoms in total. The number of amides is 1. The number of rotatable bonds is 5. The first-order chi connectivity index (χ1) is 11.1. The number of nitrogens with one attached hydrogen (secondary N) is 1. The summed E-state index contributed by atoms with van der Waals surface area (Å²) in [5.74, 6) is 0.513. The van der Waals surface area contributed by atoms with E-state index in [1.807, 2.05) is 18.2 Å². The van der Waals surface area contributed by atoms with E-state index in [0.29, 0.717) is 51.0 Å². The number of nitrogens with zero attached hydrogens (tertiary/aromatic N) is 1. The monoisotopic (exact) mass is 320 g/mol. The Morgan fingerprint density at radius 3 is 2.70 bits per heavy atom. The third kappa shape index (κ3) is 4.02. The highest BCUT2D eigenvalue weighted by Crippen LogP contribution is 2.41. The molecule has 0 aromatic heterocycles. The van der Waals surface area contributed by atoms with E-state index in [0.717, 1.165) is 6.42 Å². The molecule has 1 saturated carbocycles. The molecule has 2 fully saturated rings. The van der Waals surface area contributed by atoms with Crippen LogP contribution in [0.4, 0.5) is 9.18 Å². The van der Waals surface area contributed by atoms with E-state index >= 15 is 0 Å². The number of piperidine rings is 1. The Hall–Kier alpha value is -1.62. The van der Waals surface area contributed by atoms with E-state index in [9.17, 15) is 9.18 Å². The van der Waals surface area contributed by atoms with Gasteiger partial charge in [0.1, 0.15) is 5.67 Å². The molecule has 0 radical (unpaired) electrons. The van der Waals surface area contributed by atoms with Crippen molar-refractivity contribution in [2.24, 2.45) is 0 Å². The molecule has 126 valence electrons. The van der Waals surface area contributed by atoms with Gasteiger partial charge in [-0.1, -0.05) is 30.3 Å². The van der Waals surface area contributed by atoms with Gasteiger partial charge in [-0.25, -0.2) is 9.18 Å². The van der Waals surface area contributed by atoms with Crippen molar-refractivity contribution in [1.29, 1.82) is 0 Å². The molecule has 1 aliphatic heterocycles. The van der Waals surface area contributed by atoms with Crippen LogP contribution in [-0.4, -0.2) is 48.9 Å². The highest BCUT2D eigenvalue weighted by atomic mass is 19.1. The van der Waals surface area contributed by atoms with Crippen molar-refractivity contribution in [2.45, 2.75) is 43.8 Å². The van der Waals surface area contributed by atoms with Crippen LogP contribution in [0, 0.1) is 0 Å². The molecule has 1 heterocycles. The van der Waals surface area contributed by atoms with Crippen LogP contribution in [-0.2, 0) is 4.74 Å². The van der Waals surface area contributed by atoms with Gasteiger partial charge in [-0.15, -0.1) is 0 Å². The minimum absolute atomic E-state index is 0.325. The molecular formula is C18H25FN2O2. The van der Waals surface area contributed by atoms with E-state index in [1.54, 1.807) is 11.8 Å². The number of likely N-dealkylation sites (tertiary alicyclic amines) is 1. The van der Waals surface area contributed by atoms with Crippen LogP contribution in [0.2, 0.25) is 0 Å². The fourth-order valence-corrected chi connectivity index (χ4v) is 3.28. The van der Waals surface area contributed by atoms with Gasteiger partial charge >= 0.3 is 6.09 Å². The van der Waals surface area contributed by atoms with Crippen molar-refractivity contribution in [3.63, 3.8) is 0 Å². The third-order valence-electron chi connectivity index (χ3n) is 4.88. The Balaban J connectivity index is 1.42. The van der Waals surface area contributed by atoms with Crippen LogP contribution in [0.25, 0.3) is 0 Å². The maximum Gasteiger partial charge on any atom is 0.409 e. The molecule has 2 aliphatic rings. The number of hydrogen-bond acceptors (Lipinski definition) is 3. The Morgan fingerprint density at radius 2 is 2.04 bits per heavy atom. The van der Waals surface area contributed by atoms with Crippen LogP contribution in [0.15, 0.2) is 30.3 Å². The largest absolute Gasteiger partial charge is 0.450 e. The predicted molar refractivity (Wildman–Crippen MR) is 87.3 cm³/mol. The van der Waals surface area contributed by atoms with Crippen LogP contribution in [0.1, 0.15) is 37.7 Å². The number of halogens is 1. The zero-order valence-corrected chi connectivity index (χ0v) is 13.6. The summed E-state index contributed by atoms with van der Waals surface area (Å²) < 4.78 is 19.8. The van der Waals surface area contributed by atoms with Crippen molar-refractivity contribution in [1.82, 2.24) is 10.2 Å². The molecule has 1 amide bonds. The fourth-order valence-electron chi connectivity index (χ4n) is 3.28. The zero-order chi connectivity index (χ0) is 16.3. The Kier molecular flexibility index (Phi) is 4.85. The molecule has 1 N–H and O–H groups in total. The van der Waals surface area contributed by atoms with Crippen molar-refractivity contribution in [3.05, 3.63) is 35.9 Å². The second-order valence-electron chi connectivity index (χ2n) is 6.58. The highest BCUT2D eigenvalue weighted by molar-refractivity contribution is 5.67. The first-order valence-corrected chi connectivity index (χ1v) is 8.50. The molecule has 2 atom stereocenters. The molecule has 5 heteroatoms. The van der Waals surface area contributed by atoms with Gasteiger partial charge in [-0.2, -0.15) is 0 Å². The van der Waals surface area contributed by atoms with E-state index in [1.165, 1.54) is 5.56 Å². The fraction of sp³-hybridized carbons (Fsp3) is 0.611. The molecule has 23 heavy (non-hydrogen) atoms. The van der Waals surface area contributed by atoms with Crippen LogP contribution < -0.4 is 5.32 Å². The Morgan fingerprint density at radius 1 is 1.35 bits per heavy atom. The molecule has 1 aromatic carbocycles. The maximum absolute atomic E-state index is 14.9. The van der Waals surface area contributed by atoms with Gasteiger partial charge in [0.25, 0.3) is 0 Å². The third-order valence-corrected chi connectivity index (χ3v) is 4.88. The van der Waals surface area contributed by atoms with Crippen molar-refractivity contribution >= 4 is 6.09 Å². The second-order valence-corrected chi connectivity index (χ2v) is 6.58. The van der Waals surface area contributed by atoms with Crippen molar-refractivity contribution in [2.75, 3.05) is 26.2 Å². The minimum atomic E-state index is -1.22. The van der Waals surface area contributed by atoms with E-state index < -0.39 is 5.67 Å². The first-order valence-electron chi connectivity index (χ1n) is 8.50. The summed E-state index contributed by atoms with van der Waals surface area (Å²) in [5.41, 5.74) is 0.113. The summed E-state index contributed by atoms with van der Waals surface area (Å²) in [6, 6.07) is 10.8. The molecule has 1 aliphatic carbocycles. The summed E-state index contributed by atoms with van der Waals surface area (Å²) in [5, 5.41) is 3.37. The molecule has 0 bridgehead atoms. The van der Waals surface area contributed by atoms with E-state index in [2.05, 4.69) is 17.4 Å². The Labute approximate surface area is 137 Å². The quantitative estimate of drug-likeness (QED) is 0.906. The standard InChI is InChI=1S/C18H25FN2O2/c1-2-23-17(22)21-10-8-18(19,9-11-21)13-20-16-12-15(16)14-6-4-3-5-7-14/h3-7,15-16,20H,2,8-13H2,1H3. The van der Waals surface area contributed by atoms with Crippen LogP contribution >= 0.6 is 0 Å². The topological polar surface area (TPSA) is 41.6 Å². The lowest BCUT2D eigenvalue weighted by Gasteiger charge is -2.36. The summed E-state index contributed by atoms with van der Waals surface area (Å²) in [7, 11) is 0. The van der Waals surface area contributed by atoms with Crippen molar-refractivity contribution in [3.8, 4) is 0 Å². The second kappa shape index (κ2) is 6.87. The lowest BCUT2D eigenvalue weighted by molar-refractivity contribution is 0.0450. The Bertz CT molecular complexity index is 529. The van der Waals surface area contributed by atoms with E-state index in [4.69, 9.17) is 4.74 Å². The number of carbonyl (C=O) groups is 1. The summed E-state index contributed by atoms with van der Waals surface area (Å²) in [6.45, 7) is 3.38. The van der Waals surface area contributed by atoms with Gasteiger partial charge in [-0.05, 0) is 18.9 Å². The van der Waals surface area contributed by atoms with Gasteiger partial charge in [-0.3, -0.25) is 0 Å². The van der Waals surface area contributed by atoms with Crippen LogP contribution in [0.3, 0.4) is 0 Å². The minimum Gasteiger partial charge on any atom is -0.450 e. The lowest BCUT2D eigenvalue weighted by atomic mass is 9.93. The van der Waals surface area contributed by atoms with Crippen LogP contribution in [0.5, 0.6) is 0 Å². The lowest BCUT2D eigenvalue weighted by Crippen LogP contribution is -2.49. The maximum atomic E-state index is 14.9. The van der Waals surface area contributed by atoms with Gasteiger partial charge in [0.15, 0.2) is 0 Å². The molecule has 1 saturated heterocycles. The highest BCUT2D eigenvalue weighted by Gasteiger charge is 2.42. The van der Waals surface area contributed by atoms with Gasteiger partial charge in [0.2, 0.25) is 0 Å². The van der Waals surface area contributed by atoms with Gasteiger partial charge in [0, 0.05) is 44.4 Å². The van der Waals surface area contributed by atoms with Gasteiger partial charge in [0.05, 0.1) is 6.61 Å². The average molecular weight is 320 g/mol. The summed E-state index contributed by atoms with van der Waals surface area (Å²) in [6.07, 6.45) is 1.51. The molecule has 2 unspecified atom stereocenters. The number of hydrogen-bond donors (Lipinski definition) is 1.